The maximum Gasteiger partial charge on any atom is 0.239 e. The fourth-order valence-corrected chi connectivity index (χ4v) is 1.81. The summed E-state index contributed by atoms with van der Waals surface area (Å²) in [6, 6.07) is 0. The van der Waals surface area contributed by atoms with Crippen LogP contribution >= 0.6 is 0 Å². The molecule has 1 aliphatic rings. The van der Waals surface area contributed by atoms with Gasteiger partial charge in [-0.05, 0) is 19.8 Å². The van der Waals surface area contributed by atoms with Gasteiger partial charge in [0, 0.05) is 19.0 Å². The number of nitrogens with one attached hydrogen (secondary N) is 1. The lowest BCUT2D eigenvalue weighted by molar-refractivity contribution is -0.136. The zero-order valence-corrected chi connectivity index (χ0v) is 9.73. The molecule has 0 aromatic rings. The number of carbonyl (C=O) groups excluding carboxylic acids is 3. The molecule has 0 spiro atoms. The lowest BCUT2D eigenvalue weighted by Crippen LogP contribution is -2.47. The Morgan fingerprint density at radius 3 is 2.18 bits per heavy atom. The van der Waals surface area contributed by atoms with E-state index < -0.39 is 5.91 Å². The zero-order chi connectivity index (χ0) is 13.0. The Hall–Kier alpha value is -1.63. The van der Waals surface area contributed by atoms with Crippen LogP contribution in [0.1, 0.15) is 19.8 Å². The maximum absolute atomic E-state index is 11.7. The molecule has 0 aliphatic carbocycles. The van der Waals surface area contributed by atoms with Gasteiger partial charge >= 0.3 is 0 Å². The van der Waals surface area contributed by atoms with Crippen LogP contribution in [0, 0.1) is 11.8 Å². The second-order valence-corrected chi connectivity index (χ2v) is 4.06. The molecular weight excluding hydrogens is 224 g/mol. The number of rotatable bonds is 3. The van der Waals surface area contributed by atoms with Gasteiger partial charge in [0.25, 0.3) is 0 Å². The number of primary amides is 1. The van der Waals surface area contributed by atoms with Gasteiger partial charge in [0.1, 0.15) is 5.92 Å². The van der Waals surface area contributed by atoms with Crippen LogP contribution in [-0.2, 0) is 14.4 Å². The van der Waals surface area contributed by atoms with Gasteiger partial charge in [-0.25, -0.2) is 5.84 Å². The van der Waals surface area contributed by atoms with Crippen molar-refractivity contribution in [3.05, 3.63) is 5.92 Å². The third-order valence-electron chi connectivity index (χ3n) is 2.99. The van der Waals surface area contributed by atoms with E-state index in [1.807, 2.05) is 0 Å². The Morgan fingerprint density at radius 1 is 1.24 bits per heavy atom. The number of hydrogen-bond acceptors (Lipinski definition) is 4. The first-order valence-electron chi connectivity index (χ1n) is 5.40. The van der Waals surface area contributed by atoms with Gasteiger partial charge in [-0.1, -0.05) is 0 Å². The summed E-state index contributed by atoms with van der Waals surface area (Å²) in [6.45, 7) is 2.27. The summed E-state index contributed by atoms with van der Waals surface area (Å²) in [5.74, 6) is 3.61. The molecule has 0 atom stereocenters. The molecule has 0 aromatic heterocycles. The fraction of sp³-hybridized carbons (Fsp3) is 0.600. The summed E-state index contributed by atoms with van der Waals surface area (Å²) < 4.78 is 0. The summed E-state index contributed by atoms with van der Waals surface area (Å²) in [5.41, 5.74) is 7.13. The second kappa shape index (κ2) is 5.62. The van der Waals surface area contributed by atoms with Gasteiger partial charge in [0.2, 0.25) is 17.7 Å². The topological polar surface area (TPSA) is 119 Å². The Balaban J connectivity index is 2.49. The quantitative estimate of drug-likeness (QED) is 0.236. The Bertz CT molecular complexity index is 324. The molecule has 0 aromatic carbocycles. The number of amides is 3. The minimum atomic E-state index is -0.711. The highest BCUT2D eigenvalue weighted by molar-refractivity contribution is 6.13. The van der Waals surface area contributed by atoms with Crippen molar-refractivity contribution in [3.8, 4) is 0 Å². The molecule has 0 bridgehead atoms. The molecule has 95 valence electrons. The van der Waals surface area contributed by atoms with Crippen LogP contribution < -0.4 is 17.0 Å². The molecule has 17 heavy (non-hydrogen) atoms. The van der Waals surface area contributed by atoms with Gasteiger partial charge in [-0.2, -0.15) is 0 Å². The summed E-state index contributed by atoms with van der Waals surface area (Å²) >= 11 is 0. The van der Waals surface area contributed by atoms with Gasteiger partial charge in [-0.15, -0.1) is 0 Å². The highest BCUT2D eigenvalue weighted by Crippen LogP contribution is 2.19. The van der Waals surface area contributed by atoms with E-state index in [4.69, 9.17) is 11.6 Å². The Kier molecular flexibility index (Phi) is 4.45. The van der Waals surface area contributed by atoms with Gasteiger partial charge < -0.3 is 10.6 Å². The molecule has 0 unspecified atom stereocenters. The molecule has 1 radical (unpaired) electrons. The molecule has 1 saturated heterocycles. The van der Waals surface area contributed by atoms with Crippen molar-refractivity contribution in [1.82, 2.24) is 10.3 Å². The average molecular weight is 241 g/mol. The zero-order valence-electron chi connectivity index (χ0n) is 9.73. The summed E-state index contributed by atoms with van der Waals surface area (Å²) in [7, 11) is 0. The fourth-order valence-electron chi connectivity index (χ4n) is 1.81. The normalized spacial score (nSPS) is 17.0. The van der Waals surface area contributed by atoms with Gasteiger partial charge in [0.15, 0.2) is 0 Å². The van der Waals surface area contributed by atoms with Crippen molar-refractivity contribution in [2.75, 3.05) is 13.1 Å². The molecule has 3 amide bonds. The summed E-state index contributed by atoms with van der Waals surface area (Å²) in [4.78, 5) is 35.4. The number of nitrogens with zero attached hydrogens (tertiary/aromatic N) is 1. The Labute approximate surface area is 99.5 Å². The molecule has 1 rings (SSSR count). The second-order valence-electron chi connectivity index (χ2n) is 4.06. The van der Waals surface area contributed by atoms with Crippen molar-refractivity contribution in [3.63, 3.8) is 0 Å². The molecule has 0 saturated carbocycles. The number of carbonyl (C=O) groups is 3. The number of hydrazine groups is 1. The number of piperidine rings is 1. The standard InChI is InChI=1S/C10H17N4O3/c1-6(8(11)15)10(17)14-4-2-7(3-5-14)9(16)13-12/h7H,2-5,12H2,1H3,(H2,11,15)(H,13,16). The minimum Gasteiger partial charge on any atom is -0.369 e. The van der Waals surface area contributed by atoms with Crippen LogP contribution in [0.4, 0.5) is 0 Å². The number of likely N-dealkylation sites (tertiary alicyclic amines) is 1. The molecule has 1 fully saturated rings. The highest BCUT2D eigenvalue weighted by Gasteiger charge is 2.31. The summed E-state index contributed by atoms with van der Waals surface area (Å²) in [5, 5.41) is 0. The third-order valence-corrected chi connectivity index (χ3v) is 2.99. The van der Waals surface area contributed by atoms with Crippen LogP contribution in [0.25, 0.3) is 0 Å². The average Bonchev–Trinajstić information content (AvgIpc) is 2.36. The SMILES string of the molecule is C[C](C(N)=O)C(=O)N1CCC(C(=O)NN)CC1. The highest BCUT2D eigenvalue weighted by atomic mass is 16.2. The monoisotopic (exact) mass is 241 g/mol. The van der Waals surface area contributed by atoms with E-state index in [0.717, 1.165) is 0 Å². The first-order valence-corrected chi connectivity index (χ1v) is 5.40. The number of nitrogens with two attached hydrogens (primary N) is 2. The van der Waals surface area contributed by atoms with Gasteiger partial charge in [-0.3, -0.25) is 19.8 Å². The van der Waals surface area contributed by atoms with Crippen LogP contribution in [0.2, 0.25) is 0 Å². The molecule has 1 aliphatic heterocycles. The van der Waals surface area contributed by atoms with E-state index in [0.29, 0.717) is 25.9 Å². The van der Waals surface area contributed by atoms with Crippen LogP contribution in [0.3, 0.4) is 0 Å². The third kappa shape index (κ3) is 3.16. The predicted molar refractivity (Wildman–Crippen MR) is 59.7 cm³/mol. The lowest BCUT2D eigenvalue weighted by atomic mass is 9.95. The maximum atomic E-state index is 11.7. The van der Waals surface area contributed by atoms with E-state index in [1.165, 1.54) is 11.8 Å². The van der Waals surface area contributed by atoms with Crippen LogP contribution in [-0.4, -0.2) is 35.7 Å². The first-order chi connectivity index (χ1) is 7.97. The van der Waals surface area contributed by atoms with Gasteiger partial charge in [0.05, 0.1) is 0 Å². The van der Waals surface area contributed by atoms with Crippen LogP contribution in [0.15, 0.2) is 0 Å². The number of hydrogen-bond donors (Lipinski definition) is 3. The van der Waals surface area contributed by atoms with Crippen molar-refractivity contribution in [2.45, 2.75) is 19.8 Å². The van der Waals surface area contributed by atoms with Crippen LogP contribution in [0.5, 0.6) is 0 Å². The minimum absolute atomic E-state index is 0.0201. The van der Waals surface area contributed by atoms with Crippen molar-refractivity contribution in [2.24, 2.45) is 17.5 Å². The Morgan fingerprint density at radius 2 is 1.76 bits per heavy atom. The van der Waals surface area contributed by atoms with Crippen molar-refractivity contribution >= 4 is 17.7 Å². The molecule has 7 heteroatoms. The molecule has 5 N–H and O–H groups in total. The first kappa shape index (κ1) is 13.4. The van der Waals surface area contributed by atoms with E-state index in [1.54, 1.807) is 0 Å². The lowest BCUT2D eigenvalue weighted by Gasteiger charge is -2.31. The smallest absolute Gasteiger partial charge is 0.239 e. The molecule has 7 nitrogen and oxygen atoms in total. The van der Waals surface area contributed by atoms with E-state index in [2.05, 4.69) is 5.43 Å². The van der Waals surface area contributed by atoms with E-state index in [9.17, 15) is 14.4 Å². The largest absolute Gasteiger partial charge is 0.369 e. The van der Waals surface area contributed by atoms with Crippen molar-refractivity contribution < 1.29 is 14.4 Å². The molecular formula is C10H17N4O3. The van der Waals surface area contributed by atoms with E-state index in [-0.39, 0.29) is 23.7 Å². The van der Waals surface area contributed by atoms with E-state index >= 15 is 0 Å². The predicted octanol–water partition coefficient (Wildman–Crippen LogP) is -1.71. The van der Waals surface area contributed by atoms with Crippen molar-refractivity contribution in [1.29, 1.82) is 0 Å². The molecule has 1 heterocycles. The summed E-state index contributed by atoms with van der Waals surface area (Å²) in [6.07, 6.45) is 1.08.